The van der Waals surface area contributed by atoms with Gasteiger partial charge in [0.25, 0.3) is 11.5 Å². The van der Waals surface area contributed by atoms with E-state index in [9.17, 15) is 14.4 Å². The van der Waals surface area contributed by atoms with Crippen LogP contribution in [0, 0.1) is 12.8 Å². The number of H-pyrrole nitrogens is 1. The Kier molecular flexibility index (Phi) is 5.00. The summed E-state index contributed by atoms with van der Waals surface area (Å²) in [6.07, 6.45) is 5.53. The second kappa shape index (κ2) is 7.43. The number of ketones is 1. The molecule has 0 aromatic carbocycles. The van der Waals surface area contributed by atoms with Crippen molar-refractivity contribution in [1.29, 1.82) is 0 Å². The van der Waals surface area contributed by atoms with Gasteiger partial charge in [-0.1, -0.05) is 0 Å². The van der Waals surface area contributed by atoms with Crippen molar-refractivity contribution in [2.24, 2.45) is 5.92 Å². The molecule has 2 aliphatic rings. The first-order valence-electron chi connectivity index (χ1n) is 9.67. The van der Waals surface area contributed by atoms with Crippen molar-refractivity contribution in [3.63, 3.8) is 0 Å². The summed E-state index contributed by atoms with van der Waals surface area (Å²) in [5.74, 6) is -0.305. The van der Waals surface area contributed by atoms with E-state index in [-0.39, 0.29) is 28.7 Å². The molecule has 1 N–H and O–H groups in total. The van der Waals surface area contributed by atoms with Crippen molar-refractivity contribution in [3.05, 3.63) is 55.1 Å². The fourth-order valence-corrected chi connectivity index (χ4v) is 5.14. The Morgan fingerprint density at radius 2 is 2.04 bits per heavy atom. The summed E-state index contributed by atoms with van der Waals surface area (Å²) < 4.78 is 0. The van der Waals surface area contributed by atoms with E-state index in [4.69, 9.17) is 0 Å². The van der Waals surface area contributed by atoms with Gasteiger partial charge in [0.1, 0.15) is 5.56 Å². The SMILES string of the molecule is Cc1ccsc1C(=O)[C@H]1CCCN(C(=O)c2cc3c([nH]c2=O)CCCC3)C1. The number of amides is 1. The summed E-state index contributed by atoms with van der Waals surface area (Å²) in [5.41, 5.74) is 2.98. The van der Waals surface area contributed by atoms with Crippen molar-refractivity contribution in [3.8, 4) is 0 Å². The molecule has 0 unspecified atom stereocenters. The van der Waals surface area contributed by atoms with E-state index in [0.717, 1.165) is 60.2 Å². The molecule has 1 atom stereocenters. The molecule has 1 fully saturated rings. The number of rotatable bonds is 3. The minimum atomic E-state index is -0.303. The maximum Gasteiger partial charge on any atom is 0.261 e. The fourth-order valence-electron chi connectivity index (χ4n) is 4.19. The highest BCUT2D eigenvalue weighted by atomic mass is 32.1. The predicted octanol–water partition coefficient (Wildman–Crippen LogP) is 3.36. The second-order valence-corrected chi connectivity index (χ2v) is 8.53. The van der Waals surface area contributed by atoms with E-state index in [2.05, 4.69) is 4.98 Å². The van der Waals surface area contributed by atoms with Crippen molar-refractivity contribution < 1.29 is 9.59 Å². The Hall–Kier alpha value is -2.21. The lowest BCUT2D eigenvalue weighted by Crippen LogP contribution is -2.44. The minimum absolute atomic E-state index is 0.124. The third-order valence-electron chi connectivity index (χ3n) is 5.73. The van der Waals surface area contributed by atoms with Crippen LogP contribution in [-0.2, 0) is 12.8 Å². The lowest BCUT2D eigenvalue weighted by molar-refractivity contribution is 0.0636. The Morgan fingerprint density at radius 1 is 1.22 bits per heavy atom. The number of aryl methyl sites for hydroxylation is 3. The van der Waals surface area contributed by atoms with Crippen LogP contribution in [0.25, 0.3) is 0 Å². The number of hydrogen-bond acceptors (Lipinski definition) is 4. The van der Waals surface area contributed by atoms with Gasteiger partial charge in [-0.25, -0.2) is 0 Å². The molecule has 1 saturated heterocycles. The highest BCUT2D eigenvalue weighted by Gasteiger charge is 2.31. The summed E-state index contributed by atoms with van der Waals surface area (Å²) in [4.78, 5) is 43.7. The summed E-state index contributed by atoms with van der Waals surface area (Å²) in [6.45, 7) is 2.94. The number of nitrogens with zero attached hydrogens (tertiary/aromatic N) is 1. The van der Waals surface area contributed by atoms with Crippen LogP contribution in [0.15, 0.2) is 22.3 Å². The van der Waals surface area contributed by atoms with Crippen LogP contribution >= 0.6 is 11.3 Å². The van der Waals surface area contributed by atoms with Crippen molar-refractivity contribution in [2.45, 2.75) is 45.4 Å². The Labute approximate surface area is 162 Å². The van der Waals surface area contributed by atoms with E-state index in [0.29, 0.717) is 13.1 Å². The highest BCUT2D eigenvalue weighted by molar-refractivity contribution is 7.12. The molecule has 6 heteroatoms. The maximum atomic E-state index is 13.0. The molecule has 0 radical (unpaired) electrons. The van der Waals surface area contributed by atoms with Crippen LogP contribution in [0.5, 0.6) is 0 Å². The number of carbonyl (C=O) groups is 2. The second-order valence-electron chi connectivity index (χ2n) is 7.61. The molecule has 2 aromatic heterocycles. The van der Waals surface area contributed by atoms with Crippen LogP contribution in [-0.4, -0.2) is 34.7 Å². The van der Waals surface area contributed by atoms with Gasteiger partial charge in [0, 0.05) is 24.7 Å². The zero-order valence-corrected chi connectivity index (χ0v) is 16.4. The molecule has 27 heavy (non-hydrogen) atoms. The lowest BCUT2D eigenvalue weighted by Gasteiger charge is -2.32. The normalized spacial score (nSPS) is 19.6. The van der Waals surface area contributed by atoms with Crippen LogP contribution in [0.2, 0.25) is 0 Å². The summed E-state index contributed by atoms with van der Waals surface area (Å²) in [5, 5.41) is 1.93. The standard InChI is InChI=1S/C21H24N2O3S/c1-13-8-10-27-19(13)18(24)15-6-4-9-23(12-15)21(26)16-11-14-5-2-3-7-17(14)22-20(16)25/h8,10-11,15H,2-7,9,12H2,1H3,(H,22,25)/t15-/m0/s1. The van der Waals surface area contributed by atoms with E-state index in [1.807, 2.05) is 18.4 Å². The quantitative estimate of drug-likeness (QED) is 0.825. The number of aromatic amines is 1. The lowest BCUT2D eigenvalue weighted by atomic mass is 9.91. The van der Waals surface area contributed by atoms with Crippen LogP contribution in [0.1, 0.15) is 62.5 Å². The molecule has 1 amide bonds. The van der Waals surface area contributed by atoms with Crippen LogP contribution in [0.4, 0.5) is 0 Å². The number of aromatic nitrogens is 1. The Morgan fingerprint density at radius 3 is 2.81 bits per heavy atom. The van der Waals surface area contributed by atoms with Crippen molar-refractivity contribution in [1.82, 2.24) is 9.88 Å². The minimum Gasteiger partial charge on any atom is -0.338 e. The third kappa shape index (κ3) is 3.50. The maximum absolute atomic E-state index is 13.0. The number of hydrogen-bond donors (Lipinski definition) is 1. The number of thiophene rings is 1. The smallest absolute Gasteiger partial charge is 0.261 e. The number of carbonyl (C=O) groups excluding carboxylic acids is 2. The molecule has 3 heterocycles. The first-order chi connectivity index (χ1) is 13.0. The monoisotopic (exact) mass is 384 g/mol. The number of fused-ring (bicyclic) bond motifs is 1. The molecular weight excluding hydrogens is 360 g/mol. The van der Waals surface area contributed by atoms with E-state index in [1.165, 1.54) is 11.3 Å². The molecule has 0 spiro atoms. The van der Waals surface area contributed by atoms with Gasteiger partial charge in [0.05, 0.1) is 4.88 Å². The average Bonchev–Trinajstić information content (AvgIpc) is 3.12. The molecule has 2 aromatic rings. The van der Waals surface area contributed by atoms with Crippen molar-refractivity contribution in [2.75, 3.05) is 13.1 Å². The Bertz CT molecular complexity index is 943. The number of piperidine rings is 1. The van der Waals surface area contributed by atoms with E-state index < -0.39 is 0 Å². The largest absolute Gasteiger partial charge is 0.338 e. The third-order valence-corrected chi connectivity index (χ3v) is 6.76. The summed E-state index contributed by atoms with van der Waals surface area (Å²) >= 11 is 1.47. The van der Waals surface area contributed by atoms with Gasteiger partial charge >= 0.3 is 0 Å². The molecule has 1 aliphatic carbocycles. The number of nitrogens with one attached hydrogen (secondary N) is 1. The number of likely N-dealkylation sites (tertiary alicyclic amines) is 1. The van der Waals surface area contributed by atoms with Crippen LogP contribution in [0.3, 0.4) is 0 Å². The van der Waals surface area contributed by atoms with Gasteiger partial charge in [-0.05, 0) is 74.1 Å². The van der Waals surface area contributed by atoms with Gasteiger partial charge in [0.2, 0.25) is 0 Å². The molecule has 4 rings (SSSR count). The van der Waals surface area contributed by atoms with Crippen molar-refractivity contribution >= 4 is 23.0 Å². The zero-order chi connectivity index (χ0) is 19.0. The highest BCUT2D eigenvalue weighted by Crippen LogP contribution is 2.26. The van der Waals surface area contributed by atoms with Gasteiger partial charge in [-0.3, -0.25) is 14.4 Å². The first-order valence-corrected chi connectivity index (χ1v) is 10.5. The molecule has 0 bridgehead atoms. The first kappa shape index (κ1) is 18.2. The van der Waals surface area contributed by atoms with Gasteiger partial charge in [0.15, 0.2) is 5.78 Å². The molecule has 0 saturated carbocycles. The van der Waals surface area contributed by atoms with E-state index >= 15 is 0 Å². The fraction of sp³-hybridized carbons (Fsp3) is 0.476. The summed E-state index contributed by atoms with van der Waals surface area (Å²) in [7, 11) is 0. The van der Waals surface area contributed by atoms with Gasteiger partial charge in [-0.2, -0.15) is 0 Å². The molecule has 1 aliphatic heterocycles. The molecule has 5 nitrogen and oxygen atoms in total. The van der Waals surface area contributed by atoms with Crippen LogP contribution < -0.4 is 5.56 Å². The average molecular weight is 385 g/mol. The van der Waals surface area contributed by atoms with Gasteiger partial charge in [-0.15, -0.1) is 11.3 Å². The number of pyridine rings is 1. The topological polar surface area (TPSA) is 70.2 Å². The number of Topliss-reactive ketones (excluding diaryl/α,β-unsaturated/α-hetero) is 1. The zero-order valence-electron chi connectivity index (χ0n) is 15.5. The molecular formula is C21H24N2O3S. The Balaban J connectivity index is 1.55. The van der Waals surface area contributed by atoms with E-state index in [1.54, 1.807) is 11.0 Å². The van der Waals surface area contributed by atoms with Gasteiger partial charge < -0.3 is 9.88 Å². The predicted molar refractivity (Wildman–Crippen MR) is 106 cm³/mol. The summed E-state index contributed by atoms with van der Waals surface area (Å²) in [6, 6.07) is 3.74. The molecule has 142 valence electrons.